The van der Waals surface area contributed by atoms with Gasteiger partial charge in [-0.15, -0.1) is 0 Å². The van der Waals surface area contributed by atoms with Crippen LogP contribution in [0.1, 0.15) is 20.8 Å². The van der Waals surface area contributed by atoms with E-state index in [4.69, 9.17) is 5.73 Å². The molecule has 0 spiro atoms. The molecule has 0 saturated carbocycles. The van der Waals surface area contributed by atoms with E-state index < -0.39 is 0 Å². The number of para-hydroxylation sites is 1. The number of rotatable bonds is 6. The van der Waals surface area contributed by atoms with E-state index in [-0.39, 0.29) is 0 Å². The minimum atomic E-state index is 0.570. The minimum absolute atomic E-state index is 0.570. The molecule has 2 N–H and O–H groups in total. The third-order valence-electron chi connectivity index (χ3n) is 3.20. The van der Waals surface area contributed by atoms with Gasteiger partial charge in [0.25, 0.3) is 0 Å². The molecule has 0 aliphatic rings. The Kier molecular flexibility index (Phi) is 5.33. The Morgan fingerprint density at radius 1 is 1.19 bits per heavy atom. The van der Waals surface area contributed by atoms with E-state index in [1.807, 2.05) is 0 Å². The molecule has 1 aromatic rings. The number of nitrogens with zero attached hydrogens (tertiary/aromatic N) is 1. The lowest BCUT2D eigenvalue weighted by Gasteiger charge is -2.29. The number of hydrogen-bond acceptors (Lipinski definition) is 2. The second-order valence-corrected chi connectivity index (χ2v) is 4.61. The molecule has 0 amide bonds. The third-order valence-corrected chi connectivity index (χ3v) is 3.20. The van der Waals surface area contributed by atoms with Crippen molar-refractivity contribution < 1.29 is 0 Å². The van der Waals surface area contributed by atoms with Crippen molar-refractivity contribution in [2.45, 2.75) is 20.8 Å². The lowest BCUT2D eigenvalue weighted by molar-refractivity contribution is 0.393. The van der Waals surface area contributed by atoms with E-state index in [1.165, 1.54) is 5.69 Å². The average molecular weight is 220 g/mol. The highest BCUT2D eigenvalue weighted by Crippen LogP contribution is 2.18. The van der Waals surface area contributed by atoms with Gasteiger partial charge in [0, 0.05) is 18.8 Å². The van der Waals surface area contributed by atoms with Crippen molar-refractivity contribution >= 4 is 5.69 Å². The van der Waals surface area contributed by atoms with E-state index >= 15 is 0 Å². The van der Waals surface area contributed by atoms with Crippen LogP contribution in [-0.2, 0) is 0 Å². The monoisotopic (exact) mass is 220 g/mol. The molecule has 1 unspecified atom stereocenters. The van der Waals surface area contributed by atoms with Crippen molar-refractivity contribution in [3.05, 3.63) is 30.3 Å². The van der Waals surface area contributed by atoms with Gasteiger partial charge in [-0.25, -0.2) is 0 Å². The topological polar surface area (TPSA) is 29.3 Å². The molecular weight excluding hydrogens is 196 g/mol. The molecule has 0 saturated heterocycles. The van der Waals surface area contributed by atoms with Crippen molar-refractivity contribution in [2.24, 2.45) is 17.6 Å². The Labute approximate surface area is 99.5 Å². The van der Waals surface area contributed by atoms with Crippen molar-refractivity contribution in [3.63, 3.8) is 0 Å². The Hall–Kier alpha value is -1.02. The van der Waals surface area contributed by atoms with E-state index in [0.717, 1.165) is 19.6 Å². The van der Waals surface area contributed by atoms with Crippen LogP contribution in [0.4, 0.5) is 5.69 Å². The summed E-state index contributed by atoms with van der Waals surface area (Å²) in [6.07, 6.45) is 0. The van der Waals surface area contributed by atoms with Crippen molar-refractivity contribution in [3.8, 4) is 0 Å². The van der Waals surface area contributed by atoms with E-state index in [1.54, 1.807) is 0 Å². The second kappa shape index (κ2) is 6.54. The molecule has 0 aliphatic carbocycles. The molecule has 0 aromatic heterocycles. The Bertz CT molecular complexity index is 282. The number of benzene rings is 1. The Morgan fingerprint density at radius 3 is 2.25 bits per heavy atom. The van der Waals surface area contributed by atoms with Crippen LogP contribution in [-0.4, -0.2) is 19.6 Å². The zero-order chi connectivity index (χ0) is 12.0. The third kappa shape index (κ3) is 3.53. The molecular formula is C14H24N2. The first-order valence-electron chi connectivity index (χ1n) is 6.19. The first-order chi connectivity index (χ1) is 7.69. The van der Waals surface area contributed by atoms with Gasteiger partial charge in [-0.2, -0.15) is 0 Å². The van der Waals surface area contributed by atoms with Gasteiger partial charge < -0.3 is 10.6 Å². The molecule has 0 heterocycles. The van der Waals surface area contributed by atoms with Gasteiger partial charge in [0.15, 0.2) is 0 Å². The van der Waals surface area contributed by atoms with Crippen LogP contribution < -0.4 is 10.6 Å². The van der Waals surface area contributed by atoms with Crippen LogP contribution in [0.2, 0.25) is 0 Å². The first kappa shape index (κ1) is 13.0. The molecule has 2 nitrogen and oxygen atoms in total. The van der Waals surface area contributed by atoms with E-state index in [2.05, 4.69) is 56.0 Å². The summed E-state index contributed by atoms with van der Waals surface area (Å²) in [5.41, 5.74) is 7.12. The maximum absolute atomic E-state index is 5.83. The number of anilines is 1. The highest BCUT2D eigenvalue weighted by molar-refractivity contribution is 5.45. The average Bonchev–Trinajstić information content (AvgIpc) is 2.31. The summed E-state index contributed by atoms with van der Waals surface area (Å²) in [7, 11) is 0. The van der Waals surface area contributed by atoms with Gasteiger partial charge in [-0.05, 0) is 37.4 Å². The lowest BCUT2D eigenvalue weighted by Crippen LogP contribution is -2.35. The van der Waals surface area contributed by atoms with E-state index in [9.17, 15) is 0 Å². The first-order valence-corrected chi connectivity index (χ1v) is 6.19. The fourth-order valence-electron chi connectivity index (χ4n) is 1.90. The maximum atomic E-state index is 5.83. The largest absolute Gasteiger partial charge is 0.371 e. The summed E-state index contributed by atoms with van der Waals surface area (Å²) in [6, 6.07) is 10.6. The predicted molar refractivity (Wildman–Crippen MR) is 71.7 cm³/mol. The molecule has 90 valence electrons. The molecule has 0 fully saturated rings. The fraction of sp³-hybridized carbons (Fsp3) is 0.571. The smallest absolute Gasteiger partial charge is 0.0366 e. The van der Waals surface area contributed by atoms with Crippen molar-refractivity contribution in [1.29, 1.82) is 0 Å². The zero-order valence-corrected chi connectivity index (χ0v) is 10.7. The van der Waals surface area contributed by atoms with Crippen LogP contribution in [0.25, 0.3) is 0 Å². The zero-order valence-electron chi connectivity index (χ0n) is 10.7. The van der Waals surface area contributed by atoms with Crippen LogP contribution in [0.3, 0.4) is 0 Å². The quantitative estimate of drug-likeness (QED) is 0.798. The summed E-state index contributed by atoms with van der Waals surface area (Å²) in [4.78, 5) is 2.40. The van der Waals surface area contributed by atoms with Crippen LogP contribution in [0, 0.1) is 11.8 Å². The minimum Gasteiger partial charge on any atom is -0.371 e. The highest BCUT2D eigenvalue weighted by Gasteiger charge is 2.15. The molecule has 16 heavy (non-hydrogen) atoms. The molecule has 1 atom stereocenters. The summed E-state index contributed by atoms with van der Waals surface area (Å²) in [5.74, 6) is 1.21. The molecule has 1 aromatic carbocycles. The number of hydrogen-bond donors (Lipinski definition) is 1. The van der Waals surface area contributed by atoms with Gasteiger partial charge in [0.1, 0.15) is 0 Å². The summed E-state index contributed by atoms with van der Waals surface area (Å²) in [5, 5.41) is 0. The standard InChI is InChI=1S/C14H24N2/c1-4-16(11-13(10-15)12(2)3)14-8-6-5-7-9-14/h5-9,12-13H,4,10-11,15H2,1-3H3. The second-order valence-electron chi connectivity index (χ2n) is 4.61. The molecule has 2 heteroatoms. The predicted octanol–water partition coefficient (Wildman–Crippen LogP) is 2.74. The normalized spacial score (nSPS) is 12.8. The summed E-state index contributed by atoms with van der Waals surface area (Å²) in [6.45, 7) is 9.54. The van der Waals surface area contributed by atoms with Gasteiger partial charge in [-0.1, -0.05) is 32.0 Å². The van der Waals surface area contributed by atoms with Gasteiger partial charge >= 0.3 is 0 Å². The van der Waals surface area contributed by atoms with Gasteiger partial charge in [0.2, 0.25) is 0 Å². The number of nitrogens with two attached hydrogens (primary N) is 1. The van der Waals surface area contributed by atoms with Gasteiger partial charge in [0.05, 0.1) is 0 Å². The van der Waals surface area contributed by atoms with Crippen molar-refractivity contribution in [1.82, 2.24) is 0 Å². The lowest BCUT2D eigenvalue weighted by atomic mass is 9.95. The van der Waals surface area contributed by atoms with Crippen molar-refractivity contribution in [2.75, 3.05) is 24.5 Å². The summed E-state index contributed by atoms with van der Waals surface area (Å²) < 4.78 is 0. The van der Waals surface area contributed by atoms with Crippen LogP contribution >= 0.6 is 0 Å². The van der Waals surface area contributed by atoms with Gasteiger partial charge in [-0.3, -0.25) is 0 Å². The Morgan fingerprint density at radius 2 is 1.81 bits per heavy atom. The Balaban J connectivity index is 2.68. The summed E-state index contributed by atoms with van der Waals surface area (Å²) >= 11 is 0. The maximum Gasteiger partial charge on any atom is 0.0366 e. The van der Waals surface area contributed by atoms with Crippen LogP contribution in [0.5, 0.6) is 0 Å². The fourth-order valence-corrected chi connectivity index (χ4v) is 1.90. The highest BCUT2D eigenvalue weighted by atomic mass is 15.1. The molecule has 0 radical (unpaired) electrons. The molecule has 0 bridgehead atoms. The SMILES string of the molecule is CCN(CC(CN)C(C)C)c1ccccc1. The molecule has 0 aliphatic heterocycles. The van der Waals surface area contributed by atoms with E-state index in [0.29, 0.717) is 11.8 Å². The van der Waals surface area contributed by atoms with Crippen LogP contribution in [0.15, 0.2) is 30.3 Å². The molecule has 1 rings (SSSR count).